The molecule has 2 rings (SSSR count). The number of allylic oxidation sites excluding steroid dienone is 6. The lowest BCUT2D eigenvalue weighted by Gasteiger charge is -2.23. The van der Waals surface area contributed by atoms with E-state index >= 15 is 0 Å². The van der Waals surface area contributed by atoms with Crippen LogP contribution in [0.3, 0.4) is 0 Å². The molecule has 1 saturated heterocycles. The second kappa shape index (κ2) is 10.0. The van der Waals surface area contributed by atoms with Crippen LogP contribution in [-0.4, -0.2) is 42.8 Å². The molecule has 1 fully saturated rings. The maximum atomic E-state index is 12.3. The van der Waals surface area contributed by atoms with Gasteiger partial charge < -0.3 is 10.1 Å². The van der Waals surface area contributed by atoms with Gasteiger partial charge in [0.2, 0.25) is 0 Å². The van der Waals surface area contributed by atoms with E-state index in [0.29, 0.717) is 13.1 Å². The topological polar surface area (TPSA) is 41.6 Å². The molecule has 0 bridgehead atoms. The summed E-state index contributed by atoms with van der Waals surface area (Å²) in [5.41, 5.74) is 2.41. The van der Waals surface area contributed by atoms with Gasteiger partial charge in [0.15, 0.2) is 0 Å². The monoisotopic (exact) mass is 342 g/mol. The summed E-state index contributed by atoms with van der Waals surface area (Å²) in [6, 6.07) is -0.00566. The minimum Gasteiger partial charge on any atom is -0.443 e. The van der Waals surface area contributed by atoms with Gasteiger partial charge >= 0.3 is 6.09 Å². The van der Waals surface area contributed by atoms with Crippen molar-refractivity contribution in [3.63, 3.8) is 0 Å². The Bertz CT molecular complexity index is 599. The van der Waals surface area contributed by atoms with E-state index < -0.39 is 0 Å². The van der Waals surface area contributed by atoms with Gasteiger partial charge in [-0.3, -0.25) is 4.90 Å². The Hall–Kier alpha value is -2.07. The molecule has 1 aliphatic heterocycles. The average molecular weight is 342 g/mol. The summed E-state index contributed by atoms with van der Waals surface area (Å²) in [5, 5.41) is 3.40. The van der Waals surface area contributed by atoms with Gasteiger partial charge in [0, 0.05) is 13.1 Å². The van der Waals surface area contributed by atoms with Crippen LogP contribution in [0, 0.1) is 0 Å². The third kappa shape index (κ3) is 5.75. The molecule has 1 amide bonds. The second-order valence-corrected chi connectivity index (χ2v) is 6.42. The number of nitrogens with one attached hydrogen (secondary N) is 1. The van der Waals surface area contributed by atoms with Crippen molar-refractivity contribution in [1.82, 2.24) is 10.2 Å². The SMILES string of the molecule is C\C=C/C=C(\C=C/C)[C@H](C)N1CC(CNCC2=CCCC=C2)OC1=O. The van der Waals surface area contributed by atoms with Gasteiger partial charge in [-0.2, -0.15) is 0 Å². The molecule has 1 N–H and O–H groups in total. The van der Waals surface area contributed by atoms with Crippen LogP contribution in [0.2, 0.25) is 0 Å². The maximum absolute atomic E-state index is 12.3. The molecule has 1 aliphatic carbocycles. The normalized spacial score (nSPS) is 22.8. The zero-order chi connectivity index (χ0) is 18.1. The summed E-state index contributed by atoms with van der Waals surface area (Å²) < 4.78 is 5.53. The Labute approximate surface area is 151 Å². The van der Waals surface area contributed by atoms with Crippen LogP contribution in [0.15, 0.2) is 59.8 Å². The molecule has 25 heavy (non-hydrogen) atoms. The molecule has 0 radical (unpaired) electrons. The van der Waals surface area contributed by atoms with Crippen LogP contribution in [0.1, 0.15) is 33.6 Å². The zero-order valence-electron chi connectivity index (χ0n) is 15.6. The van der Waals surface area contributed by atoms with E-state index in [0.717, 1.165) is 25.0 Å². The third-order valence-electron chi connectivity index (χ3n) is 4.47. The molecule has 0 saturated carbocycles. The highest BCUT2D eigenvalue weighted by Gasteiger charge is 2.34. The summed E-state index contributed by atoms with van der Waals surface area (Å²) >= 11 is 0. The van der Waals surface area contributed by atoms with Crippen molar-refractivity contribution in [2.24, 2.45) is 0 Å². The lowest BCUT2D eigenvalue weighted by atomic mass is 10.1. The number of rotatable bonds is 8. The largest absolute Gasteiger partial charge is 0.443 e. The minimum atomic E-state index is -0.230. The summed E-state index contributed by atoms with van der Waals surface area (Å²) in [6.45, 7) is 8.14. The molecule has 4 nitrogen and oxygen atoms in total. The van der Waals surface area contributed by atoms with Crippen LogP contribution in [0.25, 0.3) is 0 Å². The molecular weight excluding hydrogens is 312 g/mol. The molecule has 2 aliphatic rings. The second-order valence-electron chi connectivity index (χ2n) is 6.42. The van der Waals surface area contributed by atoms with E-state index in [9.17, 15) is 4.79 Å². The van der Waals surface area contributed by atoms with E-state index in [1.165, 1.54) is 5.57 Å². The first-order valence-corrected chi connectivity index (χ1v) is 9.14. The van der Waals surface area contributed by atoms with Crippen LogP contribution >= 0.6 is 0 Å². The third-order valence-corrected chi connectivity index (χ3v) is 4.47. The van der Waals surface area contributed by atoms with Gasteiger partial charge in [-0.05, 0) is 44.8 Å². The number of amides is 1. The van der Waals surface area contributed by atoms with Crippen molar-refractivity contribution < 1.29 is 9.53 Å². The maximum Gasteiger partial charge on any atom is 0.410 e. The van der Waals surface area contributed by atoms with E-state index in [-0.39, 0.29) is 18.2 Å². The van der Waals surface area contributed by atoms with E-state index in [1.54, 1.807) is 0 Å². The lowest BCUT2D eigenvalue weighted by Crippen LogP contribution is -2.37. The van der Waals surface area contributed by atoms with Gasteiger partial charge in [0.25, 0.3) is 0 Å². The predicted molar refractivity (Wildman–Crippen MR) is 103 cm³/mol. The Morgan fingerprint density at radius 2 is 2.24 bits per heavy atom. The number of carbonyl (C=O) groups is 1. The number of ether oxygens (including phenoxy) is 1. The molecule has 0 spiro atoms. The molecular formula is C21H30N2O2. The first-order chi connectivity index (χ1) is 12.2. The number of carbonyl (C=O) groups excluding carboxylic acids is 1. The Balaban J connectivity index is 1.87. The first-order valence-electron chi connectivity index (χ1n) is 9.14. The molecule has 0 aromatic carbocycles. The van der Waals surface area contributed by atoms with Crippen molar-refractivity contribution >= 4 is 6.09 Å². The standard InChI is InChI=1S/C21H30N2O2/c1-4-6-13-19(10-5-2)17(3)23-16-20(25-21(23)24)15-22-14-18-11-8-7-9-12-18/h4-6,8,10-13,17,20,22H,7,9,14-16H2,1-3H3/b6-4-,10-5-,19-13+/t17-,20?/m0/s1. The molecule has 2 atom stereocenters. The number of cyclic esters (lactones) is 1. The van der Waals surface area contributed by atoms with Crippen molar-refractivity contribution in [3.8, 4) is 0 Å². The number of hydrogen-bond donors (Lipinski definition) is 1. The van der Waals surface area contributed by atoms with Crippen LogP contribution in [0.4, 0.5) is 4.79 Å². The summed E-state index contributed by atoms with van der Waals surface area (Å²) in [7, 11) is 0. The molecule has 0 aromatic rings. The highest BCUT2D eigenvalue weighted by atomic mass is 16.6. The van der Waals surface area contributed by atoms with Crippen LogP contribution < -0.4 is 5.32 Å². The van der Waals surface area contributed by atoms with Gasteiger partial charge in [-0.1, -0.05) is 48.6 Å². The fraction of sp³-hybridized carbons (Fsp3) is 0.476. The van der Waals surface area contributed by atoms with E-state index in [4.69, 9.17) is 4.74 Å². The number of nitrogens with zero attached hydrogens (tertiary/aromatic N) is 1. The van der Waals surface area contributed by atoms with Crippen molar-refractivity contribution in [3.05, 3.63) is 59.8 Å². The van der Waals surface area contributed by atoms with Crippen molar-refractivity contribution in [2.75, 3.05) is 19.6 Å². The zero-order valence-corrected chi connectivity index (χ0v) is 15.6. The minimum absolute atomic E-state index is 0.00566. The summed E-state index contributed by atoms with van der Waals surface area (Å²) in [5.74, 6) is 0. The first kappa shape index (κ1) is 19.3. The Morgan fingerprint density at radius 1 is 1.40 bits per heavy atom. The quantitative estimate of drug-likeness (QED) is 0.674. The molecule has 0 aromatic heterocycles. The van der Waals surface area contributed by atoms with E-state index in [1.807, 2.05) is 56.1 Å². The lowest BCUT2D eigenvalue weighted by molar-refractivity contribution is 0.130. The smallest absolute Gasteiger partial charge is 0.410 e. The summed E-state index contributed by atoms with van der Waals surface area (Å²) in [6.07, 6.45) is 18.6. The Kier molecular flexibility index (Phi) is 7.74. The fourth-order valence-electron chi connectivity index (χ4n) is 3.05. The Morgan fingerprint density at radius 3 is 2.92 bits per heavy atom. The summed E-state index contributed by atoms with van der Waals surface area (Å²) in [4.78, 5) is 14.1. The van der Waals surface area contributed by atoms with Gasteiger partial charge in [0.1, 0.15) is 6.10 Å². The fourth-order valence-corrected chi connectivity index (χ4v) is 3.05. The van der Waals surface area contributed by atoms with Crippen molar-refractivity contribution in [1.29, 1.82) is 0 Å². The van der Waals surface area contributed by atoms with Gasteiger partial charge in [-0.25, -0.2) is 4.79 Å². The predicted octanol–water partition coefficient (Wildman–Crippen LogP) is 4.14. The van der Waals surface area contributed by atoms with Crippen LogP contribution in [0.5, 0.6) is 0 Å². The highest BCUT2D eigenvalue weighted by Crippen LogP contribution is 2.20. The molecule has 4 heteroatoms. The highest BCUT2D eigenvalue weighted by molar-refractivity contribution is 5.71. The van der Waals surface area contributed by atoms with Gasteiger partial charge in [-0.15, -0.1) is 0 Å². The molecule has 1 heterocycles. The number of hydrogen-bond acceptors (Lipinski definition) is 3. The molecule has 1 unspecified atom stereocenters. The van der Waals surface area contributed by atoms with Crippen molar-refractivity contribution in [2.45, 2.75) is 45.8 Å². The van der Waals surface area contributed by atoms with Crippen LogP contribution in [-0.2, 0) is 4.74 Å². The average Bonchev–Trinajstić information content (AvgIpc) is 2.99. The molecule has 136 valence electrons. The van der Waals surface area contributed by atoms with Gasteiger partial charge in [0.05, 0.1) is 12.6 Å². The van der Waals surface area contributed by atoms with E-state index in [2.05, 4.69) is 23.5 Å².